The van der Waals surface area contributed by atoms with Crippen LogP contribution in [0.3, 0.4) is 0 Å². The smallest absolute Gasteiger partial charge is 0.222 e. The fraction of sp³-hybridized carbons (Fsp3) is 0.938. The molecule has 0 aromatic carbocycles. The summed E-state index contributed by atoms with van der Waals surface area (Å²) in [5.41, 5.74) is 0. The van der Waals surface area contributed by atoms with Crippen LogP contribution in [-0.2, 0) is 4.79 Å². The fourth-order valence-corrected chi connectivity index (χ4v) is 3.55. The zero-order valence-corrected chi connectivity index (χ0v) is 12.7. The Morgan fingerprint density at radius 3 is 2.55 bits per heavy atom. The maximum atomic E-state index is 12.3. The largest absolute Gasteiger partial charge is 0.395 e. The maximum absolute atomic E-state index is 12.3. The van der Waals surface area contributed by atoms with Crippen molar-refractivity contribution in [3.63, 3.8) is 0 Å². The molecule has 0 aromatic rings. The van der Waals surface area contributed by atoms with Gasteiger partial charge in [-0.1, -0.05) is 32.1 Å². The molecule has 0 unspecified atom stereocenters. The third kappa shape index (κ3) is 5.06. The second-order valence-corrected chi connectivity index (χ2v) is 6.34. The molecule has 20 heavy (non-hydrogen) atoms. The van der Waals surface area contributed by atoms with E-state index in [0.717, 1.165) is 57.9 Å². The quantitative estimate of drug-likeness (QED) is 0.837. The lowest BCUT2D eigenvalue weighted by Crippen LogP contribution is -2.36. The van der Waals surface area contributed by atoms with Gasteiger partial charge in [0.15, 0.2) is 0 Å². The molecule has 0 radical (unpaired) electrons. The maximum Gasteiger partial charge on any atom is 0.222 e. The molecule has 0 aromatic heterocycles. The highest BCUT2D eigenvalue weighted by Crippen LogP contribution is 2.27. The van der Waals surface area contributed by atoms with Gasteiger partial charge in [-0.25, -0.2) is 0 Å². The van der Waals surface area contributed by atoms with Crippen LogP contribution in [0.1, 0.15) is 51.4 Å². The standard InChI is InChI=1S/C16H30N2O2/c19-14-13-17-9-4-10-18(12-11-17)16(20)8-7-15-5-2-1-3-6-15/h15,19H,1-14H2. The van der Waals surface area contributed by atoms with E-state index in [4.69, 9.17) is 5.11 Å². The Kier molecular flexibility index (Phi) is 6.80. The van der Waals surface area contributed by atoms with Gasteiger partial charge in [-0.3, -0.25) is 9.69 Å². The first-order chi connectivity index (χ1) is 9.79. The molecule has 4 heteroatoms. The zero-order chi connectivity index (χ0) is 14.2. The summed E-state index contributed by atoms with van der Waals surface area (Å²) in [6.45, 7) is 4.61. The Morgan fingerprint density at radius 1 is 1.00 bits per heavy atom. The first kappa shape index (κ1) is 15.8. The third-order valence-corrected chi connectivity index (χ3v) is 4.85. The van der Waals surface area contributed by atoms with Crippen molar-refractivity contribution in [2.24, 2.45) is 5.92 Å². The van der Waals surface area contributed by atoms with Crippen molar-refractivity contribution < 1.29 is 9.90 Å². The lowest BCUT2D eigenvalue weighted by atomic mass is 9.86. The minimum atomic E-state index is 0.218. The first-order valence-corrected chi connectivity index (χ1v) is 8.40. The van der Waals surface area contributed by atoms with E-state index in [9.17, 15) is 4.79 Å². The van der Waals surface area contributed by atoms with Gasteiger partial charge in [0.25, 0.3) is 0 Å². The van der Waals surface area contributed by atoms with Crippen LogP contribution in [0.2, 0.25) is 0 Å². The van der Waals surface area contributed by atoms with Crippen molar-refractivity contribution in [1.82, 2.24) is 9.80 Å². The molecule has 0 bridgehead atoms. The minimum Gasteiger partial charge on any atom is -0.395 e. The van der Waals surface area contributed by atoms with Crippen LogP contribution in [0.4, 0.5) is 0 Å². The van der Waals surface area contributed by atoms with Crippen molar-refractivity contribution >= 4 is 5.91 Å². The Balaban J connectivity index is 1.69. The lowest BCUT2D eigenvalue weighted by Gasteiger charge is -2.24. The Morgan fingerprint density at radius 2 is 1.80 bits per heavy atom. The molecule has 4 nitrogen and oxygen atoms in total. The van der Waals surface area contributed by atoms with Crippen molar-refractivity contribution in [3.8, 4) is 0 Å². The first-order valence-electron chi connectivity index (χ1n) is 8.40. The van der Waals surface area contributed by atoms with Crippen molar-refractivity contribution in [3.05, 3.63) is 0 Å². The van der Waals surface area contributed by atoms with E-state index >= 15 is 0 Å². The van der Waals surface area contributed by atoms with Crippen molar-refractivity contribution in [2.45, 2.75) is 51.4 Å². The number of hydrogen-bond donors (Lipinski definition) is 1. The van der Waals surface area contributed by atoms with Gasteiger partial charge in [-0.2, -0.15) is 0 Å². The average molecular weight is 282 g/mol. The molecule has 1 saturated carbocycles. The number of aliphatic hydroxyl groups is 1. The molecule has 1 aliphatic carbocycles. The molecule has 116 valence electrons. The topological polar surface area (TPSA) is 43.8 Å². The molecule has 2 fully saturated rings. The SMILES string of the molecule is O=C(CCC1CCCCC1)N1CCCN(CCO)CC1. The van der Waals surface area contributed by atoms with Gasteiger partial charge in [-0.05, 0) is 25.3 Å². The summed E-state index contributed by atoms with van der Waals surface area (Å²) in [6, 6.07) is 0. The number of hydrogen-bond acceptors (Lipinski definition) is 3. The highest BCUT2D eigenvalue weighted by molar-refractivity contribution is 5.76. The van der Waals surface area contributed by atoms with Crippen molar-refractivity contribution in [1.29, 1.82) is 0 Å². The van der Waals surface area contributed by atoms with E-state index in [-0.39, 0.29) is 6.61 Å². The van der Waals surface area contributed by atoms with E-state index in [2.05, 4.69) is 4.90 Å². The van der Waals surface area contributed by atoms with Gasteiger partial charge in [-0.15, -0.1) is 0 Å². The molecule has 1 N–H and O–H groups in total. The van der Waals surface area contributed by atoms with Crippen LogP contribution < -0.4 is 0 Å². The van der Waals surface area contributed by atoms with Gasteiger partial charge in [0, 0.05) is 32.6 Å². The molecule has 1 amide bonds. The molecule has 2 aliphatic rings. The zero-order valence-electron chi connectivity index (χ0n) is 12.7. The van der Waals surface area contributed by atoms with Gasteiger partial charge in [0.05, 0.1) is 6.61 Å². The fourth-order valence-electron chi connectivity index (χ4n) is 3.55. The molecular weight excluding hydrogens is 252 g/mol. The predicted molar refractivity (Wildman–Crippen MR) is 80.5 cm³/mol. The highest BCUT2D eigenvalue weighted by Gasteiger charge is 2.20. The number of rotatable bonds is 5. The number of aliphatic hydroxyl groups excluding tert-OH is 1. The third-order valence-electron chi connectivity index (χ3n) is 4.85. The molecule has 0 atom stereocenters. The monoisotopic (exact) mass is 282 g/mol. The summed E-state index contributed by atoms with van der Waals surface area (Å²) in [6.07, 6.45) is 9.64. The molecular formula is C16H30N2O2. The summed E-state index contributed by atoms with van der Waals surface area (Å²) in [5, 5.41) is 8.99. The van der Waals surface area contributed by atoms with Gasteiger partial charge in [0.2, 0.25) is 5.91 Å². The van der Waals surface area contributed by atoms with Crippen LogP contribution in [0.5, 0.6) is 0 Å². The van der Waals surface area contributed by atoms with Gasteiger partial charge in [0.1, 0.15) is 0 Å². The normalized spacial score (nSPS) is 22.8. The lowest BCUT2D eigenvalue weighted by molar-refractivity contribution is -0.131. The number of carbonyl (C=O) groups excluding carboxylic acids is 1. The number of nitrogens with zero attached hydrogens (tertiary/aromatic N) is 2. The molecule has 1 saturated heterocycles. The summed E-state index contributed by atoms with van der Waals surface area (Å²) in [4.78, 5) is 16.6. The van der Waals surface area contributed by atoms with Crippen LogP contribution in [0, 0.1) is 5.92 Å². The second kappa shape index (κ2) is 8.63. The summed E-state index contributed by atoms with van der Waals surface area (Å²) in [7, 11) is 0. The summed E-state index contributed by atoms with van der Waals surface area (Å²) < 4.78 is 0. The molecule has 0 spiro atoms. The number of amides is 1. The van der Waals surface area contributed by atoms with E-state index < -0.39 is 0 Å². The van der Waals surface area contributed by atoms with Crippen LogP contribution in [0.25, 0.3) is 0 Å². The van der Waals surface area contributed by atoms with E-state index in [1.165, 1.54) is 32.1 Å². The van der Waals surface area contributed by atoms with Crippen LogP contribution in [0.15, 0.2) is 0 Å². The summed E-state index contributed by atoms with van der Waals surface area (Å²) in [5.74, 6) is 1.15. The molecule has 1 heterocycles. The van der Waals surface area contributed by atoms with E-state index in [0.29, 0.717) is 5.91 Å². The Bertz CT molecular complexity index is 290. The Labute approximate surface area is 123 Å². The van der Waals surface area contributed by atoms with Crippen molar-refractivity contribution in [2.75, 3.05) is 39.3 Å². The van der Waals surface area contributed by atoms with Gasteiger partial charge < -0.3 is 10.0 Å². The van der Waals surface area contributed by atoms with E-state index in [1.807, 2.05) is 4.90 Å². The minimum absolute atomic E-state index is 0.218. The summed E-state index contributed by atoms with van der Waals surface area (Å²) >= 11 is 0. The molecule has 2 rings (SSSR count). The number of β-amino-alcohol motifs (C(OH)–C–C–N with tert-alkyl or cyclic N) is 1. The molecule has 1 aliphatic heterocycles. The van der Waals surface area contributed by atoms with E-state index in [1.54, 1.807) is 0 Å². The Hall–Kier alpha value is -0.610. The van der Waals surface area contributed by atoms with Crippen LogP contribution in [-0.4, -0.2) is 60.1 Å². The van der Waals surface area contributed by atoms with Crippen LogP contribution >= 0.6 is 0 Å². The average Bonchev–Trinajstić information content (AvgIpc) is 2.72. The van der Waals surface area contributed by atoms with Gasteiger partial charge >= 0.3 is 0 Å². The highest BCUT2D eigenvalue weighted by atomic mass is 16.3. The predicted octanol–water partition coefficient (Wildman–Crippen LogP) is 1.87. The second-order valence-electron chi connectivity index (χ2n) is 6.34. The number of carbonyl (C=O) groups is 1.